The molecule has 0 saturated carbocycles. The fourth-order valence-corrected chi connectivity index (χ4v) is 2.58. The van der Waals surface area contributed by atoms with E-state index in [0.717, 1.165) is 11.3 Å². The summed E-state index contributed by atoms with van der Waals surface area (Å²) >= 11 is 0. The van der Waals surface area contributed by atoms with Crippen LogP contribution in [-0.4, -0.2) is 4.98 Å². The molecule has 0 aliphatic heterocycles. The molecule has 0 amide bonds. The van der Waals surface area contributed by atoms with Crippen LogP contribution in [0.1, 0.15) is 0 Å². The van der Waals surface area contributed by atoms with Gasteiger partial charge in [-0.25, -0.2) is 4.40 Å². The molecule has 20 heavy (non-hydrogen) atoms. The summed E-state index contributed by atoms with van der Waals surface area (Å²) in [6.07, 6.45) is 4.06. The quantitative estimate of drug-likeness (QED) is 0.476. The van der Waals surface area contributed by atoms with Crippen LogP contribution in [0.25, 0.3) is 27.7 Å². The lowest BCUT2D eigenvalue weighted by atomic mass is 10.0. The highest BCUT2D eigenvalue weighted by atomic mass is 14.9. The Morgan fingerprint density at radius 3 is 2.55 bits per heavy atom. The maximum absolute atomic E-state index is 4.76. The third kappa shape index (κ3) is 1.74. The molecule has 0 atom stereocenters. The summed E-state index contributed by atoms with van der Waals surface area (Å²) in [6, 6.07) is 22.9. The van der Waals surface area contributed by atoms with Gasteiger partial charge in [-0.3, -0.25) is 0 Å². The zero-order chi connectivity index (χ0) is 13.4. The Balaban J connectivity index is 2.01. The number of hydrogen-bond acceptors (Lipinski definition) is 1. The molecule has 0 aliphatic rings. The van der Waals surface area contributed by atoms with E-state index in [9.17, 15) is 0 Å². The molecule has 0 spiro atoms. The van der Waals surface area contributed by atoms with E-state index in [1.54, 1.807) is 0 Å². The van der Waals surface area contributed by atoms with Crippen LogP contribution < -0.4 is 4.40 Å². The van der Waals surface area contributed by atoms with Gasteiger partial charge < -0.3 is 0 Å². The lowest BCUT2D eigenvalue weighted by molar-refractivity contribution is -0.514. The molecular weight excluding hydrogens is 244 g/mol. The summed E-state index contributed by atoms with van der Waals surface area (Å²) in [7, 11) is 0. The molecule has 4 aromatic rings. The van der Waals surface area contributed by atoms with Gasteiger partial charge in [-0.15, -0.1) is 0 Å². The molecule has 0 saturated heterocycles. The standard InChI is InChI=1S/C18H13N2/c1-2-8-15-14(6-1)7-5-9-16(15)17-11-13-20-12-4-3-10-18(20)19-17/h1-13H/q+1. The number of pyridine rings is 1. The molecule has 4 rings (SSSR count). The Kier molecular flexibility index (Phi) is 2.46. The molecule has 2 heterocycles. The van der Waals surface area contributed by atoms with Crippen LogP contribution in [0.3, 0.4) is 0 Å². The van der Waals surface area contributed by atoms with Gasteiger partial charge in [0.15, 0.2) is 5.69 Å². The molecule has 0 radical (unpaired) electrons. The van der Waals surface area contributed by atoms with Gasteiger partial charge in [-0.2, -0.15) is 0 Å². The van der Waals surface area contributed by atoms with E-state index >= 15 is 0 Å². The molecule has 0 unspecified atom stereocenters. The maximum atomic E-state index is 4.76. The van der Waals surface area contributed by atoms with Crippen LogP contribution >= 0.6 is 0 Å². The minimum atomic E-state index is 0.956. The topological polar surface area (TPSA) is 17.0 Å². The number of rotatable bonds is 1. The van der Waals surface area contributed by atoms with Crippen LogP contribution in [0.2, 0.25) is 0 Å². The average Bonchev–Trinajstić information content (AvgIpc) is 2.54. The minimum Gasteiger partial charge on any atom is -0.203 e. The van der Waals surface area contributed by atoms with Crippen LogP contribution in [0, 0.1) is 0 Å². The van der Waals surface area contributed by atoms with Crippen molar-refractivity contribution in [1.82, 2.24) is 4.98 Å². The predicted octanol–water partition coefficient (Wildman–Crippen LogP) is 3.64. The molecule has 94 valence electrons. The van der Waals surface area contributed by atoms with E-state index in [0.29, 0.717) is 0 Å². The highest BCUT2D eigenvalue weighted by Gasteiger charge is 2.11. The summed E-state index contributed by atoms with van der Waals surface area (Å²) in [5.74, 6) is 0. The van der Waals surface area contributed by atoms with Crippen LogP contribution in [0.4, 0.5) is 0 Å². The number of aromatic nitrogens is 2. The minimum absolute atomic E-state index is 0.956. The second-order valence-electron chi connectivity index (χ2n) is 4.81. The van der Waals surface area contributed by atoms with Gasteiger partial charge in [0.05, 0.1) is 6.20 Å². The highest BCUT2D eigenvalue weighted by molar-refractivity contribution is 5.95. The Morgan fingerprint density at radius 1 is 0.700 bits per heavy atom. The molecular formula is C18H13N2+. The third-order valence-corrected chi connectivity index (χ3v) is 3.56. The van der Waals surface area contributed by atoms with E-state index in [1.807, 2.05) is 28.8 Å². The molecule has 2 heteroatoms. The Bertz CT molecular complexity index is 908. The van der Waals surface area contributed by atoms with Crippen molar-refractivity contribution in [1.29, 1.82) is 0 Å². The summed E-state index contributed by atoms with van der Waals surface area (Å²) in [4.78, 5) is 4.76. The molecule has 0 fully saturated rings. The van der Waals surface area contributed by atoms with E-state index < -0.39 is 0 Å². The van der Waals surface area contributed by atoms with Crippen molar-refractivity contribution in [2.24, 2.45) is 0 Å². The van der Waals surface area contributed by atoms with Gasteiger partial charge in [0.2, 0.25) is 0 Å². The van der Waals surface area contributed by atoms with Gasteiger partial charge in [0.25, 0.3) is 0 Å². The summed E-state index contributed by atoms with van der Waals surface area (Å²) < 4.78 is 2.02. The molecule has 2 aromatic carbocycles. The summed E-state index contributed by atoms with van der Waals surface area (Å²) in [5.41, 5.74) is 3.14. The first-order valence-corrected chi connectivity index (χ1v) is 6.67. The second kappa shape index (κ2) is 4.42. The first kappa shape index (κ1) is 11.1. The van der Waals surface area contributed by atoms with Gasteiger partial charge >= 0.3 is 5.65 Å². The Labute approximate surface area is 117 Å². The average molecular weight is 257 g/mol. The summed E-state index contributed by atoms with van der Waals surface area (Å²) in [5, 5.41) is 2.48. The third-order valence-electron chi connectivity index (χ3n) is 3.56. The number of hydrogen-bond donors (Lipinski definition) is 0. The lowest BCUT2D eigenvalue weighted by Crippen LogP contribution is -2.21. The summed E-state index contributed by atoms with van der Waals surface area (Å²) in [6.45, 7) is 0. The Hall–Kier alpha value is -2.74. The Morgan fingerprint density at radius 2 is 1.55 bits per heavy atom. The fourth-order valence-electron chi connectivity index (χ4n) is 2.58. The number of nitrogens with zero attached hydrogens (tertiary/aromatic N) is 2. The van der Waals surface area contributed by atoms with Crippen molar-refractivity contribution in [2.75, 3.05) is 0 Å². The van der Waals surface area contributed by atoms with E-state index in [1.165, 1.54) is 16.3 Å². The lowest BCUT2D eigenvalue weighted by Gasteiger charge is -2.03. The smallest absolute Gasteiger partial charge is 0.203 e. The van der Waals surface area contributed by atoms with Crippen LogP contribution in [-0.2, 0) is 0 Å². The van der Waals surface area contributed by atoms with Gasteiger partial charge in [-0.1, -0.05) is 42.5 Å². The fraction of sp³-hybridized carbons (Fsp3) is 0. The maximum Gasteiger partial charge on any atom is 0.328 e. The van der Waals surface area contributed by atoms with Crippen molar-refractivity contribution in [3.63, 3.8) is 0 Å². The van der Waals surface area contributed by atoms with Crippen molar-refractivity contribution >= 4 is 16.4 Å². The molecule has 2 aromatic heterocycles. The second-order valence-corrected chi connectivity index (χ2v) is 4.81. The van der Waals surface area contributed by atoms with Crippen LogP contribution in [0.5, 0.6) is 0 Å². The normalized spacial score (nSPS) is 11.0. The van der Waals surface area contributed by atoms with E-state index in [2.05, 4.69) is 54.7 Å². The monoisotopic (exact) mass is 257 g/mol. The van der Waals surface area contributed by atoms with Crippen LogP contribution in [0.15, 0.2) is 79.1 Å². The predicted molar refractivity (Wildman–Crippen MR) is 80.3 cm³/mol. The van der Waals surface area contributed by atoms with Crippen molar-refractivity contribution in [3.05, 3.63) is 79.1 Å². The van der Waals surface area contributed by atoms with Gasteiger partial charge in [-0.05, 0) is 27.9 Å². The molecule has 0 N–H and O–H groups in total. The molecule has 2 nitrogen and oxygen atoms in total. The van der Waals surface area contributed by atoms with E-state index in [-0.39, 0.29) is 0 Å². The van der Waals surface area contributed by atoms with Crippen molar-refractivity contribution < 1.29 is 4.40 Å². The van der Waals surface area contributed by atoms with Gasteiger partial charge in [0, 0.05) is 17.7 Å². The van der Waals surface area contributed by atoms with Crippen molar-refractivity contribution in [2.45, 2.75) is 0 Å². The van der Waals surface area contributed by atoms with Crippen molar-refractivity contribution in [3.8, 4) is 11.3 Å². The SMILES string of the molecule is c1ccc2c(-c3cc[n+]4ccccc4n3)cccc2c1. The number of benzene rings is 2. The van der Waals surface area contributed by atoms with Gasteiger partial charge in [0.1, 0.15) is 6.20 Å². The molecule has 0 aliphatic carbocycles. The number of fused-ring (bicyclic) bond motifs is 2. The highest BCUT2D eigenvalue weighted by Crippen LogP contribution is 2.26. The first-order valence-electron chi connectivity index (χ1n) is 6.67. The zero-order valence-electron chi connectivity index (χ0n) is 10.9. The first-order chi connectivity index (χ1) is 9.92. The molecule has 0 bridgehead atoms. The largest absolute Gasteiger partial charge is 0.328 e. The van der Waals surface area contributed by atoms with E-state index in [4.69, 9.17) is 4.98 Å². The zero-order valence-corrected chi connectivity index (χ0v) is 10.9.